The Morgan fingerprint density at radius 1 is 1.11 bits per heavy atom. The molecule has 1 amide bonds. The van der Waals surface area contributed by atoms with Crippen LogP contribution in [-0.2, 0) is 14.8 Å². The number of amides is 1. The molecule has 9 heteroatoms. The Balaban J connectivity index is 1.26. The number of rotatable bonds is 6. The summed E-state index contributed by atoms with van der Waals surface area (Å²) in [4.78, 5) is 21.8. The smallest absolute Gasteiger partial charge is 0.264 e. The number of hydrogen-bond acceptors (Lipinski definition) is 6. The van der Waals surface area contributed by atoms with E-state index in [4.69, 9.17) is 4.74 Å². The summed E-state index contributed by atoms with van der Waals surface area (Å²) in [7, 11) is -3.85. The Labute approximate surface area is 205 Å². The molecule has 2 saturated heterocycles. The van der Waals surface area contributed by atoms with Gasteiger partial charge in [0.2, 0.25) is 0 Å². The van der Waals surface area contributed by atoms with Gasteiger partial charge in [0.25, 0.3) is 15.9 Å². The number of benzene rings is 2. The highest BCUT2D eigenvalue weighted by atomic mass is 32.2. The van der Waals surface area contributed by atoms with Crippen molar-refractivity contribution in [3.05, 3.63) is 65.9 Å². The fraction of sp³-hybridized carbons (Fsp3) is 0.385. The molecule has 2 aliphatic rings. The number of hydrogen-bond donors (Lipinski definition) is 1. The molecule has 3 heterocycles. The highest BCUT2D eigenvalue weighted by molar-refractivity contribution is 7.93. The summed E-state index contributed by atoms with van der Waals surface area (Å²) in [6.45, 7) is 7.62. The Morgan fingerprint density at radius 2 is 1.91 bits per heavy atom. The molecular formula is C26H30N4O4S. The van der Waals surface area contributed by atoms with Gasteiger partial charge in [0.15, 0.2) is 0 Å². The number of carbonyl (C=O) groups is 1. The lowest BCUT2D eigenvalue weighted by Gasteiger charge is -2.35. The van der Waals surface area contributed by atoms with Gasteiger partial charge in [0, 0.05) is 56.5 Å². The SMILES string of the molecule is Cc1cc(C(=O)N2CCN(CC3CCOC3)CC2)ccc1NS(=O)(=O)c1cccc2cccnc12. The van der Waals surface area contributed by atoms with Gasteiger partial charge in [-0.3, -0.25) is 19.4 Å². The molecule has 5 rings (SSSR count). The van der Waals surface area contributed by atoms with Crippen molar-refractivity contribution in [3.63, 3.8) is 0 Å². The highest BCUT2D eigenvalue weighted by Gasteiger charge is 2.26. The first-order valence-corrected chi connectivity index (χ1v) is 13.5. The van der Waals surface area contributed by atoms with E-state index in [9.17, 15) is 13.2 Å². The molecule has 2 aromatic carbocycles. The molecular weight excluding hydrogens is 464 g/mol. The van der Waals surface area contributed by atoms with Crippen molar-refractivity contribution in [1.29, 1.82) is 0 Å². The van der Waals surface area contributed by atoms with Crippen molar-refractivity contribution in [2.45, 2.75) is 18.2 Å². The predicted octanol–water partition coefficient (Wildman–Crippen LogP) is 3.14. The molecule has 0 bridgehead atoms. The number of piperazine rings is 1. The molecule has 184 valence electrons. The van der Waals surface area contributed by atoms with Crippen LogP contribution < -0.4 is 4.72 Å². The second-order valence-corrected chi connectivity index (χ2v) is 10.9. The van der Waals surface area contributed by atoms with Crippen LogP contribution in [0, 0.1) is 12.8 Å². The molecule has 1 atom stereocenters. The van der Waals surface area contributed by atoms with E-state index < -0.39 is 10.0 Å². The number of pyridine rings is 1. The van der Waals surface area contributed by atoms with Gasteiger partial charge in [-0.25, -0.2) is 8.42 Å². The van der Waals surface area contributed by atoms with Crippen molar-refractivity contribution in [3.8, 4) is 0 Å². The van der Waals surface area contributed by atoms with Crippen LogP contribution in [0.2, 0.25) is 0 Å². The average Bonchev–Trinajstić information content (AvgIpc) is 3.38. The number of nitrogens with one attached hydrogen (secondary N) is 1. The van der Waals surface area contributed by atoms with E-state index >= 15 is 0 Å². The predicted molar refractivity (Wildman–Crippen MR) is 135 cm³/mol. The van der Waals surface area contributed by atoms with Gasteiger partial charge in [0.05, 0.1) is 17.8 Å². The van der Waals surface area contributed by atoms with Crippen LogP contribution in [0.15, 0.2) is 59.6 Å². The normalized spacial score (nSPS) is 19.2. The van der Waals surface area contributed by atoms with E-state index in [0.717, 1.165) is 44.7 Å². The topological polar surface area (TPSA) is 91.8 Å². The second kappa shape index (κ2) is 9.93. The first-order chi connectivity index (χ1) is 16.9. The van der Waals surface area contributed by atoms with Crippen LogP contribution in [-0.4, -0.2) is 75.0 Å². The van der Waals surface area contributed by atoms with Crippen molar-refractivity contribution < 1.29 is 17.9 Å². The number of ether oxygens (including phenoxy) is 1. The van der Waals surface area contributed by atoms with Crippen molar-refractivity contribution in [2.75, 3.05) is 50.7 Å². The first kappa shape index (κ1) is 23.7. The lowest BCUT2D eigenvalue weighted by molar-refractivity contribution is 0.0611. The zero-order chi connectivity index (χ0) is 24.4. The lowest BCUT2D eigenvalue weighted by atomic mass is 10.1. The first-order valence-electron chi connectivity index (χ1n) is 12.0. The molecule has 2 aliphatic heterocycles. The maximum atomic E-state index is 13.1. The fourth-order valence-corrected chi connectivity index (χ4v) is 6.12. The Morgan fingerprint density at radius 3 is 2.66 bits per heavy atom. The number of carbonyl (C=O) groups excluding carboxylic acids is 1. The fourth-order valence-electron chi connectivity index (χ4n) is 4.81. The van der Waals surface area contributed by atoms with E-state index in [0.29, 0.717) is 41.3 Å². The van der Waals surface area contributed by atoms with E-state index in [2.05, 4.69) is 14.6 Å². The van der Waals surface area contributed by atoms with Crippen LogP contribution in [0.1, 0.15) is 22.3 Å². The third-order valence-electron chi connectivity index (χ3n) is 6.80. The molecule has 3 aromatic rings. The Kier molecular flexibility index (Phi) is 6.73. The minimum absolute atomic E-state index is 0.0235. The Bertz CT molecular complexity index is 1320. The standard InChI is InChI=1S/C26H30N4O4S/c1-19-16-22(26(31)30-13-11-29(12-14-30)17-20-9-15-34-18-20)7-8-23(19)28-35(32,33)24-6-2-4-21-5-3-10-27-25(21)24/h2-8,10,16,20,28H,9,11-15,17-18H2,1H3. The zero-order valence-electron chi connectivity index (χ0n) is 19.8. The summed E-state index contributed by atoms with van der Waals surface area (Å²) in [5.74, 6) is 0.575. The minimum atomic E-state index is -3.85. The summed E-state index contributed by atoms with van der Waals surface area (Å²) < 4.78 is 34.4. The van der Waals surface area contributed by atoms with Gasteiger partial charge in [-0.2, -0.15) is 0 Å². The van der Waals surface area contributed by atoms with E-state index in [1.165, 1.54) is 0 Å². The molecule has 35 heavy (non-hydrogen) atoms. The van der Waals surface area contributed by atoms with Gasteiger partial charge < -0.3 is 9.64 Å². The summed E-state index contributed by atoms with van der Waals surface area (Å²) >= 11 is 0. The van der Waals surface area contributed by atoms with E-state index in [1.54, 1.807) is 49.5 Å². The van der Waals surface area contributed by atoms with Gasteiger partial charge in [-0.05, 0) is 55.2 Å². The number of aromatic nitrogens is 1. The van der Waals surface area contributed by atoms with Gasteiger partial charge >= 0.3 is 0 Å². The number of para-hydroxylation sites is 1. The third kappa shape index (κ3) is 5.17. The molecule has 1 N–H and O–H groups in total. The zero-order valence-corrected chi connectivity index (χ0v) is 20.6. The van der Waals surface area contributed by atoms with Crippen molar-refractivity contribution >= 4 is 32.5 Å². The maximum absolute atomic E-state index is 13.1. The third-order valence-corrected chi connectivity index (χ3v) is 8.20. The van der Waals surface area contributed by atoms with Gasteiger partial charge in [-0.1, -0.05) is 18.2 Å². The number of nitrogens with zero attached hydrogens (tertiary/aromatic N) is 3. The largest absolute Gasteiger partial charge is 0.381 e. The highest BCUT2D eigenvalue weighted by Crippen LogP contribution is 2.26. The Hall–Kier alpha value is -3.01. The summed E-state index contributed by atoms with van der Waals surface area (Å²) in [6.07, 6.45) is 2.70. The quantitative estimate of drug-likeness (QED) is 0.566. The molecule has 0 radical (unpaired) electrons. The van der Waals surface area contributed by atoms with Crippen LogP contribution in [0.5, 0.6) is 0 Å². The summed E-state index contributed by atoms with van der Waals surface area (Å²) in [5, 5.41) is 0.754. The minimum Gasteiger partial charge on any atom is -0.381 e. The monoisotopic (exact) mass is 494 g/mol. The van der Waals surface area contributed by atoms with Crippen LogP contribution in [0.25, 0.3) is 10.9 Å². The lowest BCUT2D eigenvalue weighted by Crippen LogP contribution is -2.49. The van der Waals surface area contributed by atoms with Crippen molar-refractivity contribution in [1.82, 2.24) is 14.8 Å². The molecule has 2 fully saturated rings. The molecule has 8 nitrogen and oxygen atoms in total. The van der Waals surface area contributed by atoms with Crippen LogP contribution >= 0.6 is 0 Å². The second-order valence-electron chi connectivity index (χ2n) is 9.29. The van der Waals surface area contributed by atoms with Crippen molar-refractivity contribution in [2.24, 2.45) is 5.92 Å². The summed E-state index contributed by atoms with van der Waals surface area (Å²) in [5.41, 5.74) is 2.12. The number of aryl methyl sites for hydroxylation is 1. The molecule has 0 spiro atoms. The number of sulfonamides is 1. The molecule has 1 aromatic heterocycles. The number of fused-ring (bicyclic) bond motifs is 1. The molecule has 1 unspecified atom stereocenters. The molecule has 0 aliphatic carbocycles. The van der Waals surface area contributed by atoms with Crippen LogP contribution in [0.4, 0.5) is 5.69 Å². The molecule has 0 saturated carbocycles. The average molecular weight is 495 g/mol. The van der Waals surface area contributed by atoms with E-state index in [-0.39, 0.29) is 10.8 Å². The van der Waals surface area contributed by atoms with Crippen LogP contribution in [0.3, 0.4) is 0 Å². The van der Waals surface area contributed by atoms with E-state index in [1.807, 2.05) is 17.0 Å². The van der Waals surface area contributed by atoms with Gasteiger partial charge in [0.1, 0.15) is 4.90 Å². The summed E-state index contributed by atoms with van der Waals surface area (Å²) in [6, 6.07) is 13.8. The maximum Gasteiger partial charge on any atom is 0.264 e. The van der Waals surface area contributed by atoms with Gasteiger partial charge in [-0.15, -0.1) is 0 Å². The number of anilines is 1.